The van der Waals surface area contributed by atoms with Gasteiger partial charge in [-0.1, -0.05) is 0 Å². The number of esters is 1. The molecule has 0 radical (unpaired) electrons. The third-order valence-corrected chi connectivity index (χ3v) is 2.50. The first kappa shape index (κ1) is 14.9. The number of halogens is 2. The smallest absolute Gasteiger partial charge is 0.372 e. The van der Waals surface area contributed by atoms with Crippen LogP contribution in [0, 0.1) is 17.0 Å². The molecule has 0 aliphatic rings. The molecule has 1 aromatic heterocycles. The van der Waals surface area contributed by atoms with Crippen molar-refractivity contribution in [2.45, 2.75) is 26.7 Å². The molecule has 0 atom stereocenters. The average Bonchev–Trinajstić information content (AvgIpc) is 2.30. The predicted molar refractivity (Wildman–Crippen MR) is 60.9 cm³/mol. The summed E-state index contributed by atoms with van der Waals surface area (Å²) in [7, 11) is 0. The van der Waals surface area contributed by atoms with Gasteiger partial charge in [0, 0.05) is 5.56 Å². The number of carbonyl (C=O) groups is 1. The first-order valence-electron chi connectivity index (χ1n) is 5.45. The maximum absolute atomic E-state index is 12.9. The maximum atomic E-state index is 12.9. The van der Waals surface area contributed by atoms with Gasteiger partial charge in [0.15, 0.2) is 0 Å². The summed E-state index contributed by atoms with van der Waals surface area (Å²) in [6.07, 6.45) is -2.23. The molecule has 0 aromatic carbocycles. The topological polar surface area (TPSA) is 82.3 Å². The normalized spacial score (nSPS) is 10.6. The first-order chi connectivity index (χ1) is 8.88. The van der Waals surface area contributed by atoms with Crippen LogP contribution in [0.3, 0.4) is 0 Å². The minimum Gasteiger partial charge on any atom is -0.466 e. The van der Waals surface area contributed by atoms with Gasteiger partial charge in [-0.25, -0.2) is 8.78 Å². The Kier molecular flexibility index (Phi) is 4.85. The average molecular weight is 274 g/mol. The number of ether oxygens (including phenoxy) is 1. The van der Waals surface area contributed by atoms with Gasteiger partial charge in [0.05, 0.1) is 13.0 Å². The van der Waals surface area contributed by atoms with Gasteiger partial charge in [0.1, 0.15) is 11.8 Å². The van der Waals surface area contributed by atoms with E-state index in [-0.39, 0.29) is 24.2 Å². The Morgan fingerprint density at radius 3 is 2.68 bits per heavy atom. The minimum absolute atomic E-state index is 0.00949. The summed E-state index contributed by atoms with van der Waals surface area (Å²) in [5.74, 6) is -1.48. The van der Waals surface area contributed by atoms with E-state index >= 15 is 0 Å². The maximum Gasteiger partial charge on any atom is 0.372 e. The molecule has 0 spiro atoms. The van der Waals surface area contributed by atoms with Crippen LogP contribution in [0.25, 0.3) is 0 Å². The summed E-state index contributed by atoms with van der Waals surface area (Å²) < 4.78 is 30.4. The fraction of sp³-hybridized carbons (Fsp3) is 0.455. The van der Waals surface area contributed by atoms with Crippen LogP contribution < -0.4 is 0 Å². The zero-order valence-corrected chi connectivity index (χ0v) is 10.4. The van der Waals surface area contributed by atoms with Crippen molar-refractivity contribution in [2.24, 2.45) is 0 Å². The summed E-state index contributed by atoms with van der Waals surface area (Å²) in [5, 5.41) is 10.6. The fourth-order valence-corrected chi connectivity index (χ4v) is 1.60. The summed E-state index contributed by atoms with van der Waals surface area (Å²) in [6.45, 7) is 3.08. The van der Waals surface area contributed by atoms with Crippen LogP contribution in [0.15, 0.2) is 6.20 Å². The van der Waals surface area contributed by atoms with Gasteiger partial charge in [0.25, 0.3) is 6.43 Å². The molecule has 0 saturated carbocycles. The Hall–Kier alpha value is -2.12. The van der Waals surface area contributed by atoms with Gasteiger partial charge in [0.2, 0.25) is 0 Å². The molecule has 0 bridgehead atoms. The molecule has 6 nitrogen and oxygen atoms in total. The van der Waals surface area contributed by atoms with E-state index in [4.69, 9.17) is 4.74 Å². The zero-order valence-electron chi connectivity index (χ0n) is 10.4. The number of rotatable bonds is 5. The van der Waals surface area contributed by atoms with Gasteiger partial charge in [-0.05, 0) is 29.3 Å². The Bertz CT molecular complexity index is 506. The fourth-order valence-electron chi connectivity index (χ4n) is 1.60. The summed E-state index contributed by atoms with van der Waals surface area (Å²) >= 11 is 0. The Labute approximate surface area is 107 Å². The molecule has 19 heavy (non-hydrogen) atoms. The lowest BCUT2D eigenvalue weighted by molar-refractivity contribution is -0.391. The second kappa shape index (κ2) is 6.17. The number of nitro groups is 1. The monoisotopic (exact) mass is 274 g/mol. The van der Waals surface area contributed by atoms with Gasteiger partial charge in [-0.2, -0.15) is 0 Å². The molecule has 0 fully saturated rings. The largest absolute Gasteiger partial charge is 0.466 e. The van der Waals surface area contributed by atoms with E-state index in [1.807, 2.05) is 0 Å². The second-order valence-corrected chi connectivity index (χ2v) is 3.69. The van der Waals surface area contributed by atoms with Crippen LogP contribution in [-0.4, -0.2) is 22.5 Å². The molecule has 0 amide bonds. The van der Waals surface area contributed by atoms with Crippen LogP contribution in [0.2, 0.25) is 0 Å². The number of aromatic nitrogens is 1. The molecule has 0 N–H and O–H groups in total. The third kappa shape index (κ3) is 3.43. The number of nitrogens with zero attached hydrogens (tertiary/aromatic N) is 2. The van der Waals surface area contributed by atoms with Crippen molar-refractivity contribution in [3.63, 3.8) is 0 Å². The van der Waals surface area contributed by atoms with Crippen LogP contribution in [0.1, 0.15) is 30.0 Å². The molecule has 1 aromatic rings. The van der Waals surface area contributed by atoms with Crippen LogP contribution >= 0.6 is 0 Å². The molecule has 0 aliphatic heterocycles. The van der Waals surface area contributed by atoms with Gasteiger partial charge in [-0.15, -0.1) is 0 Å². The van der Waals surface area contributed by atoms with Gasteiger partial charge < -0.3 is 14.9 Å². The highest BCUT2D eigenvalue weighted by molar-refractivity contribution is 5.73. The standard InChI is InChI=1S/C11H12F2N2O4/c1-3-19-8(16)4-7-5-14-11(15(17)18)9(6(7)2)10(12)13/h5,10H,3-4H2,1-2H3. The lowest BCUT2D eigenvalue weighted by atomic mass is 10.0. The Balaban J connectivity index is 3.20. The Morgan fingerprint density at radius 1 is 1.58 bits per heavy atom. The molecule has 0 unspecified atom stereocenters. The second-order valence-electron chi connectivity index (χ2n) is 3.69. The quantitative estimate of drug-likeness (QED) is 0.467. The van der Waals surface area contributed by atoms with E-state index in [0.29, 0.717) is 0 Å². The number of hydrogen-bond donors (Lipinski definition) is 0. The molecular formula is C11H12F2N2O4. The van der Waals surface area contributed by atoms with E-state index in [1.165, 1.54) is 6.92 Å². The van der Waals surface area contributed by atoms with E-state index in [1.54, 1.807) is 6.92 Å². The van der Waals surface area contributed by atoms with Crippen LogP contribution in [0.5, 0.6) is 0 Å². The third-order valence-electron chi connectivity index (χ3n) is 2.50. The van der Waals surface area contributed by atoms with Crippen molar-refractivity contribution in [3.05, 3.63) is 33.0 Å². The van der Waals surface area contributed by atoms with Crippen molar-refractivity contribution in [3.8, 4) is 0 Å². The first-order valence-corrected chi connectivity index (χ1v) is 5.45. The summed E-state index contributed by atoms with van der Waals surface area (Å²) in [6, 6.07) is 0. The highest BCUT2D eigenvalue weighted by Gasteiger charge is 2.28. The minimum atomic E-state index is -3.03. The van der Waals surface area contributed by atoms with Gasteiger partial charge >= 0.3 is 11.8 Å². The van der Waals surface area contributed by atoms with E-state index in [2.05, 4.69) is 4.98 Å². The molecule has 0 saturated heterocycles. The highest BCUT2D eigenvalue weighted by atomic mass is 19.3. The highest BCUT2D eigenvalue weighted by Crippen LogP contribution is 2.31. The lowest BCUT2D eigenvalue weighted by Crippen LogP contribution is -2.11. The zero-order chi connectivity index (χ0) is 14.6. The molecule has 1 rings (SSSR count). The predicted octanol–water partition coefficient (Wildman–Crippen LogP) is 2.34. The van der Waals surface area contributed by atoms with Crippen molar-refractivity contribution >= 4 is 11.8 Å². The van der Waals surface area contributed by atoms with Gasteiger partial charge in [-0.3, -0.25) is 4.79 Å². The summed E-state index contributed by atoms with van der Waals surface area (Å²) in [4.78, 5) is 24.3. The van der Waals surface area contributed by atoms with Crippen LogP contribution in [-0.2, 0) is 16.0 Å². The van der Waals surface area contributed by atoms with Crippen LogP contribution in [0.4, 0.5) is 14.6 Å². The molecule has 8 heteroatoms. The van der Waals surface area contributed by atoms with Crippen molar-refractivity contribution < 1.29 is 23.2 Å². The molecule has 1 heterocycles. The lowest BCUT2D eigenvalue weighted by Gasteiger charge is -2.09. The summed E-state index contributed by atoms with van der Waals surface area (Å²) in [5.41, 5.74) is -0.573. The molecule has 104 valence electrons. The molecular weight excluding hydrogens is 262 g/mol. The molecule has 0 aliphatic carbocycles. The number of alkyl halides is 2. The SMILES string of the molecule is CCOC(=O)Cc1cnc([N+](=O)[O-])c(C(F)F)c1C. The van der Waals surface area contributed by atoms with E-state index in [0.717, 1.165) is 6.20 Å². The van der Waals surface area contributed by atoms with Crippen molar-refractivity contribution in [2.75, 3.05) is 6.61 Å². The van der Waals surface area contributed by atoms with E-state index in [9.17, 15) is 23.7 Å². The van der Waals surface area contributed by atoms with Crippen molar-refractivity contribution in [1.82, 2.24) is 4.98 Å². The number of carbonyl (C=O) groups excluding carboxylic acids is 1. The Morgan fingerprint density at radius 2 is 2.21 bits per heavy atom. The number of pyridine rings is 1. The van der Waals surface area contributed by atoms with E-state index < -0.39 is 28.7 Å². The number of hydrogen-bond acceptors (Lipinski definition) is 5. The van der Waals surface area contributed by atoms with Crippen molar-refractivity contribution in [1.29, 1.82) is 0 Å².